The highest BCUT2D eigenvalue weighted by Gasteiger charge is 2.38. The number of rotatable bonds is 0. The molecule has 0 amide bonds. The molecule has 1 aromatic carbocycles. The van der Waals surface area contributed by atoms with Crippen molar-refractivity contribution in [1.29, 1.82) is 5.26 Å². The fraction of sp³-hybridized carbons (Fsp3) is 0.462. The zero-order valence-corrected chi connectivity index (χ0v) is 9.12. The van der Waals surface area contributed by atoms with Crippen LogP contribution >= 0.6 is 0 Å². The number of nitrogens with zero attached hydrogens (tertiary/aromatic N) is 1. The molecule has 2 heterocycles. The molecule has 2 aliphatic heterocycles. The zero-order chi connectivity index (χ0) is 11.0. The molecule has 0 saturated carbocycles. The van der Waals surface area contributed by atoms with Crippen molar-refractivity contribution < 1.29 is 4.74 Å². The monoisotopic (exact) mass is 214 g/mol. The Kier molecular flexibility index (Phi) is 2.12. The number of hydrogen-bond donors (Lipinski definition) is 1. The van der Waals surface area contributed by atoms with Gasteiger partial charge in [0.05, 0.1) is 11.3 Å². The van der Waals surface area contributed by atoms with Gasteiger partial charge in [0, 0.05) is 18.8 Å². The summed E-state index contributed by atoms with van der Waals surface area (Å²) in [5.74, 6) is 0. The maximum absolute atomic E-state index is 9.07. The third kappa shape index (κ3) is 1.38. The summed E-state index contributed by atoms with van der Waals surface area (Å²) in [5.41, 5.74) is 3.24. The van der Waals surface area contributed by atoms with E-state index >= 15 is 0 Å². The standard InChI is InChI=1S/C13H14N2O/c14-9-11-3-1-2-10-8-13(15-12(10)11)4-6-16-7-5-13/h1-3,15H,4-8H2. The molecule has 0 bridgehead atoms. The third-order valence-corrected chi connectivity index (χ3v) is 3.64. The Morgan fingerprint density at radius 3 is 2.88 bits per heavy atom. The summed E-state index contributed by atoms with van der Waals surface area (Å²) in [7, 11) is 0. The SMILES string of the molecule is N#Cc1cccc2c1NC1(CCOCC1)C2. The molecule has 1 aromatic rings. The van der Waals surface area contributed by atoms with E-state index in [1.807, 2.05) is 12.1 Å². The van der Waals surface area contributed by atoms with Crippen LogP contribution in [-0.2, 0) is 11.2 Å². The minimum absolute atomic E-state index is 0.146. The van der Waals surface area contributed by atoms with Gasteiger partial charge in [0.2, 0.25) is 0 Å². The van der Waals surface area contributed by atoms with E-state index in [4.69, 9.17) is 10.00 Å². The van der Waals surface area contributed by atoms with Gasteiger partial charge in [-0.2, -0.15) is 5.26 Å². The average Bonchev–Trinajstić information content (AvgIpc) is 2.67. The molecule has 1 fully saturated rings. The molecular weight excluding hydrogens is 200 g/mol. The van der Waals surface area contributed by atoms with Crippen LogP contribution < -0.4 is 5.32 Å². The second kappa shape index (κ2) is 3.50. The van der Waals surface area contributed by atoms with E-state index in [-0.39, 0.29) is 5.54 Å². The Bertz CT molecular complexity index is 455. The molecule has 1 saturated heterocycles. The predicted molar refractivity (Wildman–Crippen MR) is 61.3 cm³/mol. The van der Waals surface area contributed by atoms with E-state index in [9.17, 15) is 0 Å². The molecule has 3 rings (SSSR count). The minimum atomic E-state index is 0.146. The molecule has 0 atom stereocenters. The minimum Gasteiger partial charge on any atom is -0.381 e. The number of ether oxygens (including phenoxy) is 1. The number of anilines is 1. The molecule has 1 N–H and O–H groups in total. The topological polar surface area (TPSA) is 45.0 Å². The van der Waals surface area contributed by atoms with E-state index in [2.05, 4.69) is 17.5 Å². The largest absolute Gasteiger partial charge is 0.381 e. The van der Waals surface area contributed by atoms with Gasteiger partial charge in [0.25, 0.3) is 0 Å². The number of nitriles is 1. The van der Waals surface area contributed by atoms with Gasteiger partial charge in [-0.3, -0.25) is 0 Å². The molecular formula is C13H14N2O. The number of hydrogen-bond acceptors (Lipinski definition) is 3. The van der Waals surface area contributed by atoms with Crippen molar-refractivity contribution in [2.45, 2.75) is 24.8 Å². The van der Waals surface area contributed by atoms with Crippen LogP contribution in [0.5, 0.6) is 0 Å². The van der Waals surface area contributed by atoms with Gasteiger partial charge in [-0.05, 0) is 30.9 Å². The van der Waals surface area contributed by atoms with Gasteiger partial charge >= 0.3 is 0 Å². The fourth-order valence-electron chi connectivity index (χ4n) is 2.73. The summed E-state index contributed by atoms with van der Waals surface area (Å²) < 4.78 is 5.41. The van der Waals surface area contributed by atoms with Crippen molar-refractivity contribution in [2.24, 2.45) is 0 Å². The van der Waals surface area contributed by atoms with E-state index in [0.717, 1.165) is 43.7 Å². The van der Waals surface area contributed by atoms with Crippen molar-refractivity contribution in [1.82, 2.24) is 0 Å². The van der Waals surface area contributed by atoms with Crippen LogP contribution in [0, 0.1) is 11.3 Å². The predicted octanol–water partition coefficient (Wildman–Crippen LogP) is 2.08. The van der Waals surface area contributed by atoms with Crippen molar-refractivity contribution >= 4 is 5.69 Å². The number of nitrogens with one attached hydrogen (secondary N) is 1. The van der Waals surface area contributed by atoms with Gasteiger partial charge in [0.1, 0.15) is 6.07 Å². The van der Waals surface area contributed by atoms with Crippen LogP contribution in [0.15, 0.2) is 18.2 Å². The summed E-state index contributed by atoms with van der Waals surface area (Å²) in [6.07, 6.45) is 3.10. The van der Waals surface area contributed by atoms with Crippen LogP contribution in [0.2, 0.25) is 0 Å². The van der Waals surface area contributed by atoms with Crippen LogP contribution in [0.25, 0.3) is 0 Å². The molecule has 2 aliphatic rings. The molecule has 0 aromatic heterocycles. The highest BCUT2D eigenvalue weighted by molar-refractivity contribution is 5.67. The number of benzene rings is 1. The van der Waals surface area contributed by atoms with E-state index < -0.39 is 0 Å². The normalized spacial score (nSPS) is 21.2. The van der Waals surface area contributed by atoms with Gasteiger partial charge in [0.15, 0.2) is 0 Å². The Morgan fingerprint density at radius 2 is 2.12 bits per heavy atom. The van der Waals surface area contributed by atoms with Crippen molar-refractivity contribution in [3.8, 4) is 6.07 Å². The molecule has 16 heavy (non-hydrogen) atoms. The van der Waals surface area contributed by atoms with Crippen LogP contribution in [0.1, 0.15) is 24.0 Å². The number of fused-ring (bicyclic) bond motifs is 1. The number of para-hydroxylation sites is 1. The van der Waals surface area contributed by atoms with Crippen LogP contribution in [0.3, 0.4) is 0 Å². The maximum atomic E-state index is 9.07. The molecule has 3 heteroatoms. The highest BCUT2D eigenvalue weighted by Crippen LogP contribution is 2.39. The Balaban J connectivity index is 1.97. The fourth-order valence-corrected chi connectivity index (χ4v) is 2.73. The first-order valence-electron chi connectivity index (χ1n) is 5.71. The Labute approximate surface area is 95.0 Å². The summed E-state index contributed by atoms with van der Waals surface area (Å²) in [4.78, 5) is 0. The van der Waals surface area contributed by atoms with E-state index in [1.165, 1.54) is 5.56 Å². The average molecular weight is 214 g/mol. The summed E-state index contributed by atoms with van der Waals surface area (Å²) in [6, 6.07) is 8.22. The van der Waals surface area contributed by atoms with Gasteiger partial charge in [-0.15, -0.1) is 0 Å². The van der Waals surface area contributed by atoms with Gasteiger partial charge in [-0.1, -0.05) is 12.1 Å². The summed E-state index contributed by atoms with van der Waals surface area (Å²) in [5, 5.41) is 12.6. The second-order valence-corrected chi connectivity index (χ2v) is 4.65. The quantitative estimate of drug-likeness (QED) is 0.719. The molecule has 82 valence electrons. The lowest BCUT2D eigenvalue weighted by Crippen LogP contribution is -2.42. The third-order valence-electron chi connectivity index (χ3n) is 3.64. The van der Waals surface area contributed by atoms with Crippen LogP contribution in [0.4, 0.5) is 5.69 Å². The van der Waals surface area contributed by atoms with E-state index in [1.54, 1.807) is 0 Å². The highest BCUT2D eigenvalue weighted by atomic mass is 16.5. The molecule has 0 aliphatic carbocycles. The molecule has 1 spiro atoms. The summed E-state index contributed by atoms with van der Waals surface area (Å²) in [6.45, 7) is 1.64. The lowest BCUT2D eigenvalue weighted by atomic mass is 9.87. The maximum Gasteiger partial charge on any atom is 0.101 e. The van der Waals surface area contributed by atoms with E-state index in [0.29, 0.717) is 0 Å². The Hall–Kier alpha value is -1.53. The first kappa shape index (κ1) is 9.68. The lowest BCUT2D eigenvalue weighted by molar-refractivity contribution is 0.0624. The molecule has 0 unspecified atom stereocenters. The second-order valence-electron chi connectivity index (χ2n) is 4.65. The van der Waals surface area contributed by atoms with Crippen molar-refractivity contribution in [2.75, 3.05) is 18.5 Å². The summed E-state index contributed by atoms with van der Waals surface area (Å²) >= 11 is 0. The first-order valence-corrected chi connectivity index (χ1v) is 5.71. The zero-order valence-electron chi connectivity index (χ0n) is 9.12. The Morgan fingerprint density at radius 1 is 1.31 bits per heavy atom. The molecule has 3 nitrogen and oxygen atoms in total. The van der Waals surface area contributed by atoms with Crippen LogP contribution in [-0.4, -0.2) is 18.8 Å². The lowest BCUT2D eigenvalue weighted by Gasteiger charge is -2.34. The first-order chi connectivity index (χ1) is 7.83. The van der Waals surface area contributed by atoms with Gasteiger partial charge < -0.3 is 10.1 Å². The van der Waals surface area contributed by atoms with Gasteiger partial charge in [-0.25, -0.2) is 0 Å². The van der Waals surface area contributed by atoms with Crippen molar-refractivity contribution in [3.05, 3.63) is 29.3 Å². The van der Waals surface area contributed by atoms with Crippen molar-refractivity contribution in [3.63, 3.8) is 0 Å². The smallest absolute Gasteiger partial charge is 0.101 e. The molecule has 0 radical (unpaired) electrons.